The number of fused-ring (bicyclic) bond motifs is 2. The van der Waals surface area contributed by atoms with E-state index < -0.39 is 18.2 Å². The Morgan fingerprint density at radius 1 is 1.15 bits per heavy atom. The number of benzene rings is 2. The van der Waals surface area contributed by atoms with Crippen molar-refractivity contribution in [1.29, 1.82) is 0 Å². The maximum Gasteiger partial charge on any atom is 0.338 e. The summed E-state index contributed by atoms with van der Waals surface area (Å²) in [6.45, 7) is 1.92. The average Bonchev–Trinajstić information content (AvgIpc) is 3.41. The number of hydrogen-bond donors (Lipinski definition) is 0. The Labute approximate surface area is 190 Å². The van der Waals surface area contributed by atoms with Crippen molar-refractivity contribution in [3.8, 4) is 11.5 Å². The SMILES string of the molecule is COc1cccc(C(=O)O[C@@H]2Cc3ccccc3[C@H]2Oc2c(C)ccn3c(C=O)cnc23)c1. The fourth-order valence-corrected chi connectivity index (χ4v) is 4.22. The van der Waals surface area contributed by atoms with Crippen LogP contribution in [0.2, 0.25) is 0 Å². The van der Waals surface area contributed by atoms with E-state index in [4.69, 9.17) is 14.2 Å². The molecule has 0 radical (unpaired) electrons. The molecule has 0 unspecified atom stereocenters. The summed E-state index contributed by atoms with van der Waals surface area (Å²) in [5, 5.41) is 0. The minimum atomic E-state index is -0.527. The first-order valence-electron chi connectivity index (χ1n) is 10.6. The van der Waals surface area contributed by atoms with Crippen LogP contribution in [0.5, 0.6) is 11.5 Å². The zero-order chi connectivity index (χ0) is 22.9. The number of aromatic nitrogens is 2. The molecule has 33 heavy (non-hydrogen) atoms. The van der Waals surface area contributed by atoms with Gasteiger partial charge in [-0.3, -0.25) is 9.20 Å². The van der Waals surface area contributed by atoms with Gasteiger partial charge in [0.1, 0.15) is 17.5 Å². The predicted molar refractivity (Wildman–Crippen MR) is 121 cm³/mol. The highest BCUT2D eigenvalue weighted by Gasteiger charge is 2.38. The molecule has 0 fully saturated rings. The standard InChI is InChI=1S/C26H22N2O5/c1-16-10-11-28-19(15-29)14-27-25(28)23(16)33-24-21-9-4-3-6-17(21)13-22(24)32-26(30)18-7-5-8-20(12-18)31-2/h3-12,14-15,22,24H,13H2,1-2H3/t22-,24-/m1/s1. The second-order valence-corrected chi connectivity index (χ2v) is 7.94. The van der Waals surface area contributed by atoms with Crippen LogP contribution in [0.3, 0.4) is 0 Å². The summed E-state index contributed by atoms with van der Waals surface area (Å²) in [7, 11) is 1.55. The number of nitrogens with zero attached hydrogens (tertiary/aromatic N) is 2. The number of hydrogen-bond acceptors (Lipinski definition) is 6. The Bertz CT molecular complexity index is 1360. The lowest BCUT2D eigenvalue weighted by molar-refractivity contribution is -0.00301. The lowest BCUT2D eigenvalue weighted by Crippen LogP contribution is -2.26. The molecule has 4 aromatic rings. The molecule has 0 amide bonds. The van der Waals surface area contributed by atoms with E-state index >= 15 is 0 Å². The van der Waals surface area contributed by atoms with E-state index in [0.717, 1.165) is 23.0 Å². The van der Waals surface area contributed by atoms with Gasteiger partial charge in [0.05, 0.1) is 18.9 Å². The van der Waals surface area contributed by atoms with Crippen LogP contribution < -0.4 is 9.47 Å². The van der Waals surface area contributed by atoms with Crippen molar-refractivity contribution >= 4 is 17.9 Å². The third-order valence-electron chi connectivity index (χ3n) is 5.91. The Morgan fingerprint density at radius 2 is 2.00 bits per heavy atom. The molecule has 0 saturated heterocycles. The predicted octanol–water partition coefficient (Wildman–Crippen LogP) is 4.37. The number of rotatable bonds is 6. The molecule has 5 rings (SSSR count). The number of aryl methyl sites for hydroxylation is 1. The van der Waals surface area contributed by atoms with E-state index in [-0.39, 0.29) is 0 Å². The van der Waals surface area contributed by atoms with Gasteiger partial charge in [-0.25, -0.2) is 9.78 Å². The fraction of sp³-hybridized carbons (Fsp3) is 0.192. The first kappa shape index (κ1) is 20.8. The summed E-state index contributed by atoms with van der Waals surface area (Å²) in [4.78, 5) is 28.7. The molecule has 0 aliphatic heterocycles. The van der Waals surface area contributed by atoms with E-state index in [1.54, 1.807) is 42.0 Å². The molecule has 7 heteroatoms. The maximum absolute atomic E-state index is 13.0. The first-order valence-corrected chi connectivity index (χ1v) is 10.6. The summed E-state index contributed by atoms with van der Waals surface area (Å²) in [6.07, 6.45) is 3.54. The molecule has 2 atom stereocenters. The van der Waals surface area contributed by atoms with Crippen LogP contribution in [0.1, 0.15) is 43.6 Å². The molecule has 166 valence electrons. The molecule has 1 aliphatic carbocycles. The monoisotopic (exact) mass is 442 g/mol. The number of imidazole rings is 1. The molecular weight excluding hydrogens is 420 g/mol. The molecule has 0 saturated carbocycles. The van der Waals surface area contributed by atoms with E-state index in [1.807, 2.05) is 37.3 Å². The first-order chi connectivity index (χ1) is 16.1. The average molecular weight is 442 g/mol. The van der Waals surface area contributed by atoms with Crippen LogP contribution in [0.25, 0.3) is 5.65 Å². The van der Waals surface area contributed by atoms with Gasteiger partial charge in [0.2, 0.25) is 0 Å². The Morgan fingerprint density at radius 3 is 2.82 bits per heavy atom. The van der Waals surface area contributed by atoms with Gasteiger partial charge in [0.25, 0.3) is 0 Å². The van der Waals surface area contributed by atoms with Crippen LogP contribution in [0.4, 0.5) is 0 Å². The quantitative estimate of drug-likeness (QED) is 0.326. The van der Waals surface area contributed by atoms with Gasteiger partial charge in [-0.15, -0.1) is 0 Å². The third kappa shape index (κ3) is 3.71. The van der Waals surface area contributed by atoms with Crippen LogP contribution in [0, 0.1) is 6.92 Å². The third-order valence-corrected chi connectivity index (χ3v) is 5.91. The highest BCUT2D eigenvalue weighted by atomic mass is 16.6. The van der Waals surface area contributed by atoms with E-state index in [9.17, 15) is 9.59 Å². The number of carbonyl (C=O) groups is 2. The Balaban J connectivity index is 1.49. The summed E-state index contributed by atoms with van der Waals surface area (Å²) in [5.74, 6) is 0.688. The van der Waals surface area contributed by atoms with Crippen molar-refractivity contribution in [3.05, 3.63) is 94.9 Å². The van der Waals surface area contributed by atoms with Gasteiger partial charge in [-0.1, -0.05) is 30.3 Å². The van der Waals surface area contributed by atoms with E-state index in [0.29, 0.717) is 34.8 Å². The zero-order valence-electron chi connectivity index (χ0n) is 18.2. The molecule has 0 bridgehead atoms. The van der Waals surface area contributed by atoms with Crippen molar-refractivity contribution in [2.45, 2.75) is 25.6 Å². The van der Waals surface area contributed by atoms with Gasteiger partial charge in [0.15, 0.2) is 23.8 Å². The number of pyridine rings is 1. The largest absolute Gasteiger partial charge is 0.497 e. The van der Waals surface area contributed by atoms with Gasteiger partial charge in [-0.2, -0.15) is 0 Å². The van der Waals surface area contributed by atoms with Gasteiger partial charge in [-0.05, 0) is 47.9 Å². The molecular formula is C26H22N2O5. The number of aldehydes is 1. The Kier molecular flexibility index (Phi) is 5.30. The van der Waals surface area contributed by atoms with E-state index in [2.05, 4.69) is 4.98 Å². The van der Waals surface area contributed by atoms with Gasteiger partial charge < -0.3 is 14.2 Å². The second kappa shape index (κ2) is 8.43. The molecule has 0 spiro atoms. The highest BCUT2D eigenvalue weighted by Crippen LogP contribution is 2.39. The van der Waals surface area contributed by atoms with Crippen molar-refractivity contribution in [3.63, 3.8) is 0 Å². The molecule has 1 aliphatic rings. The van der Waals surface area contributed by atoms with Gasteiger partial charge >= 0.3 is 5.97 Å². The smallest absolute Gasteiger partial charge is 0.338 e. The lowest BCUT2D eigenvalue weighted by atomic mass is 10.1. The maximum atomic E-state index is 13.0. The number of esters is 1. The lowest BCUT2D eigenvalue weighted by Gasteiger charge is -2.23. The van der Waals surface area contributed by atoms with E-state index in [1.165, 1.54) is 6.20 Å². The van der Waals surface area contributed by atoms with Crippen molar-refractivity contribution in [2.24, 2.45) is 0 Å². The summed E-state index contributed by atoms with van der Waals surface area (Å²) >= 11 is 0. The molecule has 2 heterocycles. The number of ether oxygens (including phenoxy) is 3. The minimum Gasteiger partial charge on any atom is -0.497 e. The van der Waals surface area contributed by atoms with Crippen LogP contribution in [0.15, 0.2) is 67.0 Å². The second-order valence-electron chi connectivity index (χ2n) is 7.94. The summed E-state index contributed by atoms with van der Waals surface area (Å²) in [6, 6.07) is 16.6. The summed E-state index contributed by atoms with van der Waals surface area (Å²) in [5.41, 5.74) is 4.28. The van der Waals surface area contributed by atoms with Crippen LogP contribution in [-0.2, 0) is 11.2 Å². The fourth-order valence-electron chi connectivity index (χ4n) is 4.22. The zero-order valence-corrected chi connectivity index (χ0v) is 18.2. The van der Waals surface area contributed by atoms with Crippen molar-refractivity contribution < 1.29 is 23.8 Å². The van der Waals surface area contributed by atoms with Crippen molar-refractivity contribution in [2.75, 3.05) is 7.11 Å². The Hall–Kier alpha value is -4.13. The minimum absolute atomic E-state index is 0.409. The van der Waals surface area contributed by atoms with Crippen molar-refractivity contribution in [1.82, 2.24) is 9.38 Å². The highest BCUT2D eigenvalue weighted by molar-refractivity contribution is 5.90. The van der Waals surface area contributed by atoms with Gasteiger partial charge in [0, 0.05) is 12.6 Å². The normalized spacial score (nSPS) is 16.9. The van der Waals surface area contributed by atoms with Crippen LogP contribution in [-0.4, -0.2) is 34.9 Å². The molecule has 0 N–H and O–H groups in total. The topological polar surface area (TPSA) is 79.1 Å². The molecule has 2 aromatic carbocycles. The van der Waals surface area contributed by atoms with Crippen LogP contribution >= 0.6 is 0 Å². The molecule has 7 nitrogen and oxygen atoms in total. The number of methoxy groups -OCH3 is 1. The number of carbonyl (C=O) groups excluding carboxylic acids is 2. The summed E-state index contributed by atoms with van der Waals surface area (Å²) < 4.78 is 19.3. The molecule has 2 aromatic heterocycles.